The molecule has 3 aromatic rings. The Kier molecular flexibility index (Phi) is 37.0. The van der Waals surface area contributed by atoms with Gasteiger partial charge in [-0.25, -0.2) is 9.59 Å². The Labute approximate surface area is 386 Å². The molecule has 3 aromatic carbocycles. The van der Waals surface area contributed by atoms with Crippen LogP contribution < -0.4 is 21.3 Å². The van der Waals surface area contributed by atoms with Gasteiger partial charge in [-0.15, -0.1) is 12.3 Å². The predicted octanol–water partition coefficient (Wildman–Crippen LogP) is 9.04. The number of aryl methyl sites for hydroxylation is 1. The first-order chi connectivity index (χ1) is 26.0. The van der Waals surface area contributed by atoms with Crippen LogP contribution in [0, 0.1) is 31.1 Å². The third-order valence-electron chi connectivity index (χ3n) is 6.20. The van der Waals surface area contributed by atoms with Gasteiger partial charge in [0.15, 0.2) is 0 Å². The molecular weight excluding hydrogens is 1330 g/mol. The first-order valence-corrected chi connectivity index (χ1v) is 38.7. The number of halogens is 5. The van der Waals surface area contributed by atoms with Gasteiger partial charge in [-0.3, -0.25) is 9.59 Å². The number of nitrogens with one attached hydrogen (secondary N) is 4. The summed E-state index contributed by atoms with van der Waals surface area (Å²) in [5, 5.41) is 10.5. The van der Waals surface area contributed by atoms with E-state index in [1.165, 1.54) is 0 Å². The van der Waals surface area contributed by atoms with Crippen molar-refractivity contribution in [3.05, 3.63) is 107 Å². The van der Waals surface area contributed by atoms with Gasteiger partial charge >= 0.3 is 126 Å². The summed E-state index contributed by atoms with van der Waals surface area (Å²) in [6, 6.07) is 26.7. The molecule has 0 saturated heterocycles. The minimum atomic E-state index is -0.508. The summed E-state index contributed by atoms with van der Waals surface area (Å²) in [4.78, 5) is 45.6. The Morgan fingerprint density at radius 2 is 1.06 bits per heavy atom. The molecule has 0 aliphatic heterocycles. The molecule has 4 N–H and O–H groups in total. The molecule has 0 aliphatic rings. The molecule has 0 unspecified atom stereocenters. The van der Waals surface area contributed by atoms with Crippen LogP contribution in [0.5, 0.6) is 0 Å². The summed E-state index contributed by atoms with van der Waals surface area (Å²) in [5.41, 5.74) is 3.95. The number of rotatable bonds is 14. The van der Waals surface area contributed by atoms with Crippen LogP contribution in [0.4, 0.5) is 9.59 Å². The van der Waals surface area contributed by atoms with E-state index in [4.69, 9.17) is 15.9 Å². The standard InChI is InChI=1S/C22H24N2O3.C15H18N2O3.5HI.2V/c1-18-9-5-6-12-20(18)13-7-8-14-21(25)23-15-16-24-22(26)27-17-19-10-3-2-4-11-19;1-2-3-9-14(18)16-10-11-17-15(19)20-12-13-7-5-4-6-8-13;;;;;;;/h2-6,9-12H,8,14-17H2,1H3,(H,23,25)(H,24,26);1,4-8H,3,9-12H2,(H,16,18)(H,17,19);5*1H;;/q;;;;;;;+2;+3/p-5. The molecule has 0 fully saturated rings. The number of carbonyl (C=O) groups is 4. The summed E-state index contributed by atoms with van der Waals surface area (Å²) in [6.45, 7) is 3.78. The van der Waals surface area contributed by atoms with E-state index in [-0.39, 0.29) is 29.9 Å². The number of alkyl carbamates (subject to hydrolysis) is 2. The van der Waals surface area contributed by atoms with E-state index in [1.54, 1.807) is 0 Å². The van der Waals surface area contributed by atoms with Crippen molar-refractivity contribution >= 4 is 124 Å². The van der Waals surface area contributed by atoms with Gasteiger partial charge in [0.25, 0.3) is 0 Å². The van der Waals surface area contributed by atoms with Crippen LogP contribution in [0.1, 0.15) is 47.9 Å². The Balaban J connectivity index is 0.000000914. The summed E-state index contributed by atoms with van der Waals surface area (Å²) >= 11 is 12.1. The molecule has 0 aromatic heterocycles. The topological polar surface area (TPSA) is 135 Å². The number of hydrogen-bond acceptors (Lipinski definition) is 6. The normalized spacial score (nSPS) is 9.22. The molecule has 4 amide bonds. The van der Waals surface area contributed by atoms with Gasteiger partial charge in [0.2, 0.25) is 11.8 Å². The summed E-state index contributed by atoms with van der Waals surface area (Å²) in [5.74, 6) is 8.27. The average molecular weight is 1380 g/mol. The number of carbonyl (C=O) groups excluding carboxylic acids is 4. The summed E-state index contributed by atoms with van der Waals surface area (Å²) < 4.78 is 10.1. The zero-order valence-electron chi connectivity index (χ0n) is 29.5. The zero-order chi connectivity index (χ0) is 40.2. The molecule has 10 nitrogen and oxygen atoms in total. The van der Waals surface area contributed by atoms with Crippen LogP contribution in [0.25, 0.3) is 0 Å². The fourth-order valence-corrected chi connectivity index (χ4v) is 3.69. The van der Waals surface area contributed by atoms with Crippen molar-refractivity contribution in [2.24, 2.45) is 0 Å². The van der Waals surface area contributed by atoms with E-state index in [9.17, 15) is 19.2 Å². The van der Waals surface area contributed by atoms with Crippen LogP contribution in [0.3, 0.4) is 0 Å². The van der Waals surface area contributed by atoms with Crippen molar-refractivity contribution in [2.75, 3.05) is 26.2 Å². The van der Waals surface area contributed by atoms with Crippen LogP contribution in [-0.2, 0) is 46.7 Å². The molecule has 0 aliphatic carbocycles. The fourth-order valence-electron chi connectivity index (χ4n) is 3.69. The van der Waals surface area contributed by atoms with Gasteiger partial charge in [0.1, 0.15) is 13.2 Å². The second kappa shape index (κ2) is 37.6. The van der Waals surface area contributed by atoms with Crippen molar-refractivity contribution < 1.29 is 43.0 Å². The quantitative estimate of drug-likeness (QED) is 0.0724. The number of terminal acetylenes is 1. The maximum absolute atomic E-state index is 11.8. The number of amides is 4. The third kappa shape index (κ3) is 34.3. The molecule has 3 rings (SSSR count). The summed E-state index contributed by atoms with van der Waals surface area (Å²) in [7, 11) is 0.628. The fraction of sp³-hybridized carbons (Fsp3) is 0.297. The Morgan fingerprint density at radius 1 is 0.667 bits per heavy atom. The molecule has 0 radical (unpaired) electrons. The van der Waals surface area contributed by atoms with Gasteiger partial charge in [-0.2, -0.15) is 0 Å². The Hall–Kier alpha value is -0.921. The Morgan fingerprint density at radius 3 is 1.48 bits per heavy atom. The van der Waals surface area contributed by atoms with Crippen molar-refractivity contribution in [3.8, 4) is 24.2 Å². The van der Waals surface area contributed by atoms with Gasteiger partial charge < -0.3 is 30.7 Å². The first kappa shape index (κ1) is 53.1. The molecule has 0 saturated carbocycles. The second-order valence-corrected chi connectivity index (χ2v) is 57.4. The number of benzene rings is 3. The van der Waals surface area contributed by atoms with E-state index in [0.29, 0.717) is 61.3 Å². The third-order valence-corrected chi connectivity index (χ3v) is 6.20. The maximum atomic E-state index is 11.8. The molecule has 291 valence electrons. The van der Waals surface area contributed by atoms with Crippen molar-refractivity contribution in [3.63, 3.8) is 0 Å². The van der Waals surface area contributed by atoms with Gasteiger partial charge in [0, 0.05) is 57.4 Å². The molecule has 17 heteroatoms. The molecule has 0 bridgehead atoms. The summed E-state index contributed by atoms with van der Waals surface area (Å²) in [6.07, 6.45) is 5.58. The van der Waals surface area contributed by atoms with Crippen molar-refractivity contribution in [1.82, 2.24) is 21.3 Å². The SMILES string of the molecule is C#CCCC(=O)NCCNC(=O)OCc1ccccc1.Cc1ccccc1C#CCCC(=O)NCCNC(=O)OCc1ccccc1.[I][V]([I])[I].[I][V][I]. The second-order valence-electron chi connectivity index (χ2n) is 10.3. The Bertz CT molecular complexity index is 1590. The average Bonchev–Trinajstić information content (AvgIpc) is 3.16. The predicted molar refractivity (Wildman–Crippen MR) is 251 cm³/mol. The number of ether oxygens (including phenoxy) is 2. The molecule has 54 heavy (non-hydrogen) atoms. The minimum absolute atomic E-state index is 0.0893. The monoisotopic (exact) mass is 1370 g/mol. The van der Waals surface area contributed by atoms with Gasteiger partial charge in [-0.05, 0) is 29.7 Å². The van der Waals surface area contributed by atoms with E-state index < -0.39 is 12.2 Å². The van der Waals surface area contributed by atoms with Crippen LogP contribution >= 0.6 is 99.9 Å². The van der Waals surface area contributed by atoms with Crippen LogP contribution in [-0.4, -0.2) is 50.2 Å². The molecule has 0 heterocycles. The van der Waals surface area contributed by atoms with E-state index in [1.807, 2.05) is 91.9 Å². The van der Waals surface area contributed by atoms with Gasteiger partial charge in [0.05, 0.1) is 0 Å². The van der Waals surface area contributed by atoms with E-state index in [2.05, 4.69) is 139 Å². The number of hydrogen-bond donors (Lipinski definition) is 4. The van der Waals surface area contributed by atoms with Gasteiger partial charge in [-0.1, -0.05) is 90.7 Å². The van der Waals surface area contributed by atoms with E-state index in [0.717, 1.165) is 22.3 Å². The molecule has 0 spiro atoms. The van der Waals surface area contributed by atoms with Crippen LogP contribution in [0.15, 0.2) is 84.9 Å². The first-order valence-electron chi connectivity index (χ1n) is 16.1. The van der Waals surface area contributed by atoms with E-state index >= 15 is 0 Å². The molecule has 0 atom stereocenters. The van der Waals surface area contributed by atoms with Crippen LogP contribution in [0.2, 0.25) is 0 Å². The van der Waals surface area contributed by atoms with Crippen molar-refractivity contribution in [2.45, 2.75) is 45.8 Å². The van der Waals surface area contributed by atoms with Crippen molar-refractivity contribution in [1.29, 1.82) is 0 Å². The molecular formula is C37H42I5N4O6V2. The zero-order valence-corrected chi connectivity index (χ0v) is 43.0.